The molecule has 1 aliphatic heterocycles. The quantitative estimate of drug-likeness (QED) is 0.259. The summed E-state index contributed by atoms with van der Waals surface area (Å²) >= 11 is 1.50. The molecular formula is C19H34N4O6S. The fourth-order valence-electron chi connectivity index (χ4n) is 3.23. The van der Waals surface area contributed by atoms with Gasteiger partial charge in [0, 0.05) is 6.54 Å². The van der Waals surface area contributed by atoms with Gasteiger partial charge in [0.25, 0.3) is 0 Å². The van der Waals surface area contributed by atoms with Crippen molar-refractivity contribution < 1.29 is 29.4 Å². The second-order valence-corrected chi connectivity index (χ2v) is 8.51. The van der Waals surface area contributed by atoms with Gasteiger partial charge < -0.3 is 31.5 Å². The molecule has 172 valence electrons. The van der Waals surface area contributed by atoms with E-state index in [0.717, 1.165) is 4.90 Å². The van der Waals surface area contributed by atoms with Crippen molar-refractivity contribution in [3.8, 4) is 0 Å². The van der Waals surface area contributed by atoms with E-state index in [2.05, 4.69) is 10.6 Å². The van der Waals surface area contributed by atoms with Gasteiger partial charge in [0.2, 0.25) is 17.7 Å². The highest BCUT2D eigenvalue weighted by Crippen LogP contribution is 2.18. The number of carbonyl (C=O) groups is 4. The van der Waals surface area contributed by atoms with Crippen molar-refractivity contribution in [2.45, 2.75) is 63.7 Å². The summed E-state index contributed by atoms with van der Waals surface area (Å²) in [6, 6.07) is -3.94. The van der Waals surface area contributed by atoms with E-state index < -0.39 is 54.5 Å². The molecule has 1 rings (SSSR count). The molecule has 1 saturated heterocycles. The van der Waals surface area contributed by atoms with Crippen LogP contribution in [0.1, 0.15) is 39.5 Å². The number of aliphatic carboxylic acids is 1. The summed E-state index contributed by atoms with van der Waals surface area (Å²) in [5.74, 6) is -2.32. The number of hydrogen-bond acceptors (Lipinski definition) is 7. The summed E-state index contributed by atoms with van der Waals surface area (Å²) in [5, 5.41) is 24.0. The molecule has 10 nitrogen and oxygen atoms in total. The number of nitrogens with one attached hydrogen (secondary N) is 2. The molecule has 1 aliphatic rings. The number of carboxylic acids is 1. The number of aliphatic hydroxyl groups excluding tert-OH is 1. The minimum Gasteiger partial charge on any atom is -0.480 e. The molecule has 0 bridgehead atoms. The molecule has 1 heterocycles. The van der Waals surface area contributed by atoms with Gasteiger partial charge in [-0.15, -0.1) is 0 Å². The second-order valence-electron chi connectivity index (χ2n) is 7.53. The van der Waals surface area contributed by atoms with Crippen LogP contribution in [0.2, 0.25) is 0 Å². The Labute approximate surface area is 181 Å². The zero-order valence-electron chi connectivity index (χ0n) is 17.8. The average Bonchev–Trinajstić information content (AvgIpc) is 3.23. The SMILES string of the molecule is CCC(C)C(N)C(=O)NC(CCSC)C(=O)NC(CO)C(=O)N1CCCC1C(=O)O. The topological polar surface area (TPSA) is 162 Å². The average molecular weight is 447 g/mol. The molecule has 0 spiro atoms. The molecule has 6 N–H and O–H groups in total. The largest absolute Gasteiger partial charge is 0.480 e. The van der Waals surface area contributed by atoms with Crippen LogP contribution in [0, 0.1) is 5.92 Å². The van der Waals surface area contributed by atoms with Crippen LogP contribution in [0.5, 0.6) is 0 Å². The van der Waals surface area contributed by atoms with E-state index in [1.807, 2.05) is 20.1 Å². The number of amides is 3. The Kier molecular flexibility index (Phi) is 11.1. The Bertz CT molecular complexity index is 620. The van der Waals surface area contributed by atoms with Crippen LogP contribution in [0.4, 0.5) is 0 Å². The number of nitrogens with zero attached hydrogens (tertiary/aromatic N) is 1. The van der Waals surface area contributed by atoms with Gasteiger partial charge in [0.1, 0.15) is 18.1 Å². The lowest BCUT2D eigenvalue weighted by Crippen LogP contribution is -2.58. The first-order chi connectivity index (χ1) is 14.2. The fourth-order valence-corrected chi connectivity index (χ4v) is 3.70. The van der Waals surface area contributed by atoms with Gasteiger partial charge in [-0.3, -0.25) is 14.4 Å². The van der Waals surface area contributed by atoms with E-state index in [4.69, 9.17) is 5.73 Å². The maximum Gasteiger partial charge on any atom is 0.326 e. The zero-order chi connectivity index (χ0) is 22.8. The van der Waals surface area contributed by atoms with Crippen LogP contribution in [0.15, 0.2) is 0 Å². The molecule has 11 heteroatoms. The highest BCUT2D eigenvalue weighted by Gasteiger charge is 2.38. The summed E-state index contributed by atoms with van der Waals surface area (Å²) in [7, 11) is 0. The van der Waals surface area contributed by atoms with Crippen LogP contribution in [-0.2, 0) is 19.2 Å². The molecule has 0 aliphatic carbocycles. The van der Waals surface area contributed by atoms with Crippen LogP contribution in [-0.4, -0.2) is 88.1 Å². The first kappa shape index (κ1) is 26.2. The van der Waals surface area contributed by atoms with E-state index >= 15 is 0 Å². The number of nitrogens with two attached hydrogens (primary N) is 1. The highest BCUT2D eigenvalue weighted by atomic mass is 32.2. The normalized spacial score (nSPS) is 20.2. The van der Waals surface area contributed by atoms with Crippen LogP contribution in [0.25, 0.3) is 0 Å². The lowest BCUT2D eigenvalue weighted by molar-refractivity contribution is -0.150. The fraction of sp³-hybridized carbons (Fsp3) is 0.789. The zero-order valence-corrected chi connectivity index (χ0v) is 18.6. The number of likely N-dealkylation sites (tertiary alicyclic amines) is 1. The van der Waals surface area contributed by atoms with Crippen LogP contribution >= 0.6 is 11.8 Å². The van der Waals surface area contributed by atoms with Crippen molar-refractivity contribution in [3.63, 3.8) is 0 Å². The Hall–Kier alpha value is -1.85. The van der Waals surface area contributed by atoms with E-state index in [9.17, 15) is 29.4 Å². The van der Waals surface area contributed by atoms with Crippen molar-refractivity contribution in [1.29, 1.82) is 0 Å². The number of rotatable bonds is 12. The molecule has 0 aromatic rings. The van der Waals surface area contributed by atoms with E-state index in [1.165, 1.54) is 11.8 Å². The third kappa shape index (κ3) is 7.13. The third-order valence-electron chi connectivity index (χ3n) is 5.42. The monoisotopic (exact) mass is 446 g/mol. The maximum atomic E-state index is 12.8. The van der Waals surface area contributed by atoms with Crippen LogP contribution < -0.4 is 16.4 Å². The van der Waals surface area contributed by atoms with Crippen molar-refractivity contribution in [2.75, 3.05) is 25.2 Å². The molecular weight excluding hydrogens is 412 g/mol. The smallest absolute Gasteiger partial charge is 0.326 e. The number of carboxylic acid groups (broad SMARTS) is 1. The first-order valence-electron chi connectivity index (χ1n) is 10.2. The first-order valence-corrected chi connectivity index (χ1v) is 11.6. The molecule has 0 radical (unpaired) electrons. The minimum atomic E-state index is -1.28. The van der Waals surface area contributed by atoms with E-state index in [1.54, 1.807) is 0 Å². The molecule has 0 aromatic heterocycles. The Morgan fingerprint density at radius 1 is 1.20 bits per heavy atom. The van der Waals surface area contributed by atoms with E-state index in [-0.39, 0.29) is 12.5 Å². The van der Waals surface area contributed by atoms with E-state index in [0.29, 0.717) is 31.4 Å². The summed E-state index contributed by atoms with van der Waals surface area (Å²) < 4.78 is 0. The van der Waals surface area contributed by atoms with Gasteiger partial charge in [-0.1, -0.05) is 20.3 Å². The summed E-state index contributed by atoms with van der Waals surface area (Å²) in [6.07, 6.45) is 3.75. The van der Waals surface area contributed by atoms with Gasteiger partial charge >= 0.3 is 5.97 Å². The Morgan fingerprint density at radius 3 is 2.37 bits per heavy atom. The highest BCUT2D eigenvalue weighted by molar-refractivity contribution is 7.98. The lowest BCUT2D eigenvalue weighted by Gasteiger charge is -2.28. The van der Waals surface area contributed by atoms with Crippen molar-refractivity contribution >= 4 is 35.5 Å². The van der Waals surface area contributed by atoms with Crippen LogP contribution in [0.3, 0.4) is 0 Å². The molecule has 5 unspecified atom stereocenters. The van der Waals surface area contributed by atoms with Gasteiger partial charge in [0.05, 0.1) is 12.6 Å². The lowest BCUT2D eigenvalue weighted by atomic mass is 9.99. The van der Waals surface area contributed by atoms with Crippen molar-refractivity contribution in [1.82, 2.24) is 15.5 Å². The summed E-state index contributed by atoms with van der Waals surface area (Å²) in [5.41, 5.74) is 5.94. The molecule has 5 atom stereocenters. The molecule has 1 fully saturated rings. The molecule has 30 heavy (non-hydrogen) atoms. The molecule has 0 saturated carbocycles. The standard InChI is InChI=1S/C19H34N4O6S/c1-4-11(2)15(20)17(26)21-12(7-9-30-3)16(25)22-13(10-24)18(27)23-8-5-6-14(23)19(28)29/h11-15,24H,4-10,20H2,1-3H3,(H,21,26)(H,22,25)(H,28,29). The number of aliphatic hydroxyl groups is 1. The van der Waals surface area contributed by atoms with Gasteiger partial charge in [0.15, 0.2) is 0 Å². The predicted molar refractivity (Wildman–Crippen MR) is 114 cm³/mol. The number of hydrogen-bond donors (Lipinski definition) is 5. The second kappa shape index (κ2) is 12.8. The van der Waals surface area contributed by atoms with Crippen molar-refractivity contribution in [2.24, 2.45) is 11.7 Å². The van der Waals surface area contributed by atoms with Gasteiger partial charge in [-0.05, 0) is 37.2 Å². The summed E-state index contributed by atoms with van der Waals surface area (Å²) in [6.45, 7) is 3.33. The molecule has 3 amide bonds. The Morgan fingerprint density at radius 2 is 1.83 bits per heavy atom. The number of carbonyl (C=O) groups excluding carboxylic acids is 3. The number of thioether (sulfide) groups is 1. The van der Waals surface area contributed by atoms with Gasteiger partial charge in [-0.2, -0.15) is 11.8 Å². The molecule has 0 aromatic carbocycles. The third-order valence-corrected chi connectivity index (χ3v) is 6.07. The Balaban J connectivity index is 2.85. The predicted octanol–water partition coefficient (Wildman–Crippen LogP) is -0.850. The maximum absolute atomic E-state index is 12.8. The van der Waals surface area contributed by atoms with Gasteiger partial charge in [-0.25, -0.2) is 4.79 Å². The minimum absolute atomic E-state index is 0.0656. The van der Waals surface area contributed by atoms with Crippen molar-refractivity contribution in [3.05, 3.63) is 0 Å². The summed E-state index contributed by atoms with van der Waals surface area (Å²) in [4.78, 5) is 50.4.